The first-order valence-corrected chi connectivity index (χ1v) is 7.27. The van der Waals surface area contributed by atoms with Gasteiger partial charge in [-0.2, -0.15) is 4.98 Å². The van der Waals surface area contributed by atoms with Crippen molar-refractivity contribution in [2.24, 2.45) is 0 Å². The Morgan fingerprint density at radius 2 is 1.86 bits per heavy atom. The van der Waals surface area contributed by atoms with Crippen molar-refractivity contribution in [1.29, 1.82) is 0 Å². The van der Waals surface area contributed by atoms with Crippen LogP contribution in [0.25, 0.3) is 6.08 Å². The molecule has 1 aromatic heterocycles. The normalized spacial score (nSPS) is 11.9. The molecule has 1 aromatic carbocycles. The minimum Gasteiger partial charge on any atom is -0.459 e. The van der Waals surface area contributed by atoms with E-state index in [2.05, 4.69) is 42.9 Å². The van der Waals surface area contributed by atoms with Crippen molar-refractivity contribution in [3.05, 3.63) is 59.2 Å². The van der Waals surface area contributed by atoms with Gasteiger partial charge >= 0.3 is 6.01 Å². The van der Waals surface area contributed by atoms with Crippen molar-refractivity contribution in [2.75, 3.05) is 0 Å². The van der Waals surface area contributed by atoms with Gasteiger partial charge in [-0.15, -0.1) is 0 Å². The second kappa shape index (κ2) is 6.69. The van der Waals surface area contributed by atoms with Gasteiger partial charge < -0.3 is 4.74 Å². The highest BCUT2D eigenvalue weighted by Gasteiger charge is 2.13. The van der Waals surface area contributed by atoms with Crippen LogP contribution in [0.4, 0.5) is 4.39 Å². The molecular weight excluding hydrogens is 279 g/mol. The summed E-state index contributed by atoms with van der Waals surface area (Å²) in [6.45, 7) is 8.68. The Kier molecular flexibility index (Phi) is 4.91. The standard InChI is InChI=1S/C18H21FN2O/c1-5-6-16-15(19)11-20-17(21-16)22-12-13-7-9-14(10-8-13)18(2,3)4/h5-11H,12H2,1-4H3/b6-5+. The highest BCUT2D eigenvalue weighted by Crippen LogP contribution is 2.22. The monoisotopic (exact) mass is 300 g/mol. The molecule has 0 fully saturated rings. The van der Waals surface area contributed by atoms with Crippen LogP contribution in [0, 0.1) is 5.82 Å². The Morgan fingerprint density at radius 3 is 2.45 bits per heavy atom. The number of allylic oxidation sites excluding steroid dienone is 1. The maximum atomic E-state index is 13.4. The lowest BCUT2D eigenvalue weighted by molar-refractivity contribution is 0.279. The highest BCUT2D eigenvalue weighted by molar-refractivity contribution is 5.44. The van der Waals surface area contributed by atoms with Gasteiger partial charge in [-0.3, -0.25) is 0 Å². The molecule has 0 bridgehead atoms. The smallest absolute Gasteiger partial charge is 0.317 e. The van der Waals surface area contributed by atoms with Crippen molar-refractivity contribution in [1.82, 2.24) is 9.97 Å². The summed E-state index contributed by atoms with van der Waals surface area (Å²) in [5, 5.41) is 0. The Labute approximate surface area is 130 Å². The van der Waals surface area contributed by atoms with E-state index in [-0.39, 0.29) is 17.1 Å². The fourth-order valence-corrected chi connectivity index (χ4v) is 1.96. The summed E-state index contributed by atoms with van der Waals surface area (Å²) in [7, 11) is 0. The Morgan fingerprint density at radius 1 is 1.18 bits per heavy atom. The molecule has 0 spiro atoms. The number of ether oxygens (including phenoxy) is 1. The first-order valence-electron chi connectivity index (χ1n) is 7.27. The second-order valence-corrected chi connectivity index (χ2v) is 6.12. The SMILES string of the molecule is C/C=C/c1nc(OCc2ccc(C(C)(C)C)cc2)ncc1F. The second-order valence-electron chi connectivity index (χ2n) is 6.12. The average molecular weight is 300 g/mol. The van der Waals surface area contributed by atoms with E-state index >= 15 is 0 Å². The molecule has 4 heteroatoms. The van der Waals surface area contributed by atoms with Gasteiger partial charge in [0.1, 0.15) is 12.3 Å². The maximum Gasteiger partial charge on any atom is 0.317 e. The Hall–Kier alpha value is -2.23. The number of rotatable bonds is 4. The molecule has 22 heavy (non-hydrogen) atoms. The van der Waals surface area contributed by atoms with E-state index in [0.717, 1.165) is 11.8 Å². The van der Waals surface area contributed by atoms with Gasteiger partial charge in [-0.05, 0) is 29.5 Å². The third-order valence-electron chi connectivity index (χ3n) is 3.26. The van der Waals surface area contributed by atoms with Crippen molar-refractivity contribution in [3.63, 3.8) is 0 Å². The fourth-order valence-electron chi connectivity index (χ4n) is 1.96. The molecule has 0 saturated heterocycles. The van der Waals surface area contributed by atoms with Crippen molar-refractivity contribution in [3.8, 4) is 6.01 Å². The van der Waals surface area contributed by atoms with Crippen molar-refractivity contribution < 1.29 is 9.13 Å². The van der Waals surface area contributed by atoms with Gasteiger partial charge in [0.25, 0.3) is 0 Å². The van der Waals surface area contributed by atoms with Crippen molar-refractivity contribution >= 4 is 6.08 Å². The molecule has 0 aliphatic rings. The van der Waals surface area contributed by atoms with Gasteiger partial charge in [0.15, 0.2) is 5.82 Å². The van der Waals surface area contributed by atoms with Gasteiger partial charge in [0, 0.05) is 0 Å². The summed E-state index contributed by atoms with van der Waals surface area (Å²) < 4.78 is 19.0. The molecule has 0 N–H and O–H groups in total. The number of benzene rings is 1. The highest BCUT2D eigenvalue weighted by atomic mass is 19.1. The van der Waals surface area contributed by atoms with Crippen LogP contribution in [0.3, 0.4) is 0 Å². The van der Waals surface area contributed by atoms with E-state index in [0.29, 0.717) is 6.61 Å². The van der Waals surface area contributed by atoms with Crippen LogP contribution in [-0.2, 0) is 12.0 Å². The molecule has 0 aliphatic carbocycles. The van der Waals surface area contributed by atoms with Gasteiger partial charge in [-0.25, -0.2) is 9.37 Å². The molecule has 116 valence electrons. The molecular formula is C18H21FN2O. The zero-order valence-electron chi connectivity index (χ0n) is 13.4. The summed E-state index contributed by atoms with van der Waals surface area (Å²) in [6, 6.07) is 8.41. The first kappa shape index (κ1) is 16.1. The van der Waals surface area contributed by atoms with Crippen LogP contribution < -0.4 is 4.74 Å². The van der Waals surface area contributed by atoms with Crippen LogP contribution in [0.2, 0.25) is 0 Å². The van der Waals surface area contributed by atoms with Crippen LogP contribution in [0.1, 0.15) is 44.5 Å². The van der Waals surface area contributed by atoms with Gasteiger partial charge in [0.2, 0.25) is 0 Å². The third kappa shape index (κ3) is 4.13. The number of hydrogen-bond acceptors (Lipinski definition) is 3. The van der Waals surface area contributed by atoms with E-state index < -0.39 is 5.82 Å². The number of nitrogens with zero attached hydrogens (tertiary/aromatic N) is 2. The van der Waals surface area contributed by atoms with E-state index in [4.69, 9.17) is 4.74 Å². The van der Waals surface area contributed by atoms with E-state index in [1.54, 1.807) is 19.1 Å². The van der Waals surface area contributed by atoms with Crippen LogP contribution in [-0.4, -0.2) is 9.97 Å². The minimum absolute atomic E-state index is 0.126. The van der Waals surface area contributed by atoms with E-state index in [9.17, 15) is 4.39 Å². The molecule has 3 nitrogen and oxygen atoms in total. The molecule has 2 aromatic rings. The number of aromatic nitrogens is 2. The molecule has 0 saturated carbocycles. The maximum absolute atomic E-state index is 13.4. The van der Waals surface area contributed by atoms with Gasteiger partial charge in [0.05, 0.1) is 6.20 Å². The quantitative estimate of drug-likeness (QED) is 0.832. The summed E-state index contributed by atoms with van der Waals surface area (Å²) in [6.07, 6.45) is 4.43. The fraction of sp³-hybridized carbons (Fsp3) is 0.333. The predicted molar refractivity (Wildman–Crippen MR) is 86.2 cm³/mol. The zero-order chi connectivity index (χ0) is 16.2. The lowest BCUT2D eigenvalue weighted by atomic mass is 9.87. The first-order chi connectivity index (χ1) is 10.4. The summed E-state index contributed by atoms with van der Waals surface area (Å²) >= 11 is 0. The topological polar surface area (TPSA) is 35.0 Å². The van der Waals surface area contributed by atoms with Crippen LogP contribution in [0.5, 0.6) is 6.01 Å². The number of halogens is 1. The van der Waals surface area contributed by atoms with Gasteiger partial charge in [-0.1, -0.05) is 51.1 Å². The molecule has 0 unspecified atom stereocenters. The Balaban J connectivity index is 2.05. The molecule has 0 radical (unpaired) electrons. The van der Waals surface area contributed by atoms with Crippen molar-refractivity contribution in [2.45, 2.75) is 39.7 Å². The summed E-state index contributed by atoms with van der Waals surface area (Å²) in [4.78, 5) is 7.89. The molecule has 0 amide bonds. The zero-order valence-corrected chi connectivity index (χ0v) is 13.4. The van der Waals surface area contributed by atoms with E-state index in [1.165, 1.54) is 5.56 Å². The van der Waals surface area contributed by atoms with Crippen LogP contribution >= 0.6 is 0 Å². The lowest BCUT2D eigenvalue weighted by Gasteiger charge is -2.19. The molecule has 0 atom stereocenters. The third-order valence-corrected chi connectivity index (χ3v) is 3.26. The largest absolute Gasteiger partial charge is 0.459 e. The lowest BCUT2D eigenvalue weighted by Crippen LogP contribution is -2.11. The average Bonchev–Trinajstić information content (AvgIpc) is 2.48. The molecule has 1 heterocycles. The Bertz CT molecular complexity index is 658. The number of hydrogen-bond donors (Lipinski definition) is 0. The minimum atomic E-state index is -0.458. The summed E-state index contributed by atoms with van der Waals surface area (Å²) in [5.41, 5.74) is 2.65. The predicted octanol–water partition coefficient (Wildman–Crippen LogP) is 4.53. The van der Waals surface area contributed by atoms with Crippen LogP contribution in [0.15, 0.2) is 36.5 Å². The molecule has 0 aliphatic heterocycles. The summed E-state index contributed by atoms with van der Waals surface area (Å²) in [5.74, 6) is -0.458. The molecule has 2 rings (SSSR count). The van der Waals surface area contributed by atoms with E-state index in [1.807, 2.05) is 12.1 Å².